The number of nitrogens with one attached hydrogen (secondary N) is 1. The molecule has 5 nitrogen and oxygen atoms in total. The van der Waals surface area contributed by atoms with Crippen LogP contribution in [0.4, 0.5) is 0 Å². The maximum Gasteiger partial charge on any atom is 0.268 e. The average Bonchev–Trinajstić information content (AvgIpc) is 3.25. The van der Waals surface area contributed by atoms with E-state index >= 15 is 0 Å². The normalized spacial score (nSPS) is 11.0. The van der Waals surface area contributed by atoms with Crippen molar-refractivity contribution in [2.24, 2.45) is 0 Å². The monoisotopic (exact) mass is 345 g/mol. The van der Waals surface area contributed by atoms with Gasteiger partial charge in [-0.05, 0) is 30.2 Å². The predicted octanol–water partition coefficient (Wildman–Crippen LogP) is 3.92. The van der Waals surface area contributed by atoms with Crippen molar-refractivity contribution in [1.82, 2.24) is 14.9 Å². The Kier molecular flexibility index (Phi) is 4.27. The molecule has 0 spiro atoms. The van der Waals surface area contributed by atoms with E-state index in [0.717, 1.165) is 11.2 Å². The minimum Gasteiger partial charge on any atom is -0.463 e. The summed E-state index contributed by atoms with van der Waals surface area (Å²) < 4.78 is 7.50. The van der Waals surface area contributed by atoms with E-state index in [-0.39, 0.29) is 5.91 Å². The van der Waals surface area contributed by atoms with E-state index in [1.54, 1.807) is 18.5 Å². The third-order valence-electron chi connectivity index (χ3n) is 4.50. The third-order valence-corrected chi connectivity index (χ3v) is 4.50. The Morgan fingerprint density at radius 1 is 1.15 bits per heavy atom. The Hall–Kier alpha value is -3.34. The minimum atomic E-state index is -0.143. The second-order valence-electron chi connectivity index (χ2n) is 6.22. The maximum atomic E-state index is 12.8. The summed E-state index contributed by atoms with van der Waals surface area (Å²) in [5, 5.41) is 2.94. The smallest absolute Gasteiger partial charge is 0.268 e. The van der Waals surface area contributed by atoms with Gasteiger partial charge in [0, 0.05) is 24.9 Å². The van der Waals surface area contributed by atoms with Crippen LogP contribution < -0.4 is 5.32 Å². The van der Waals surface area contributed by atoms with Crippen LogP contribution in [0.3, 0.4) is 0 Å². The quantitative estimate of drug-likeness (QED) is 0.596. The van der Waals surface area contributed by atoms with Crippen molar-refractivity contribution in [3.8, 4) is 0 Å². The van der Waals surface area contributed by atoms with Crippen molar-refractivity contribution < 1.29 is 9.21 Å². The second-order valence-corrected chi connectivity index (χ2v) is 6.22. The number of hydrogen-bond donors (Lipinski definition) is 1. The molecule has 1 aromatic carbocycles. The van der Waals surface area contributed by atoms with Crippen molar-refractivity contribution in [1.29, 1.82) is 0 Å². The predicted molar refractivity (Wildman–Crippen MR) is 99.9 cm³/mol. The standard InChI is InChI=1S/C21H19N3O2/c1-15-6-2-3-7-16(15)14-24-18-9-11-26-20(18)12-19(24)21(25)23-13-17-8-4-5-10-22-17/h2-12H,13-14H2,1H3,(H,23,25). The lowest BCUT2D eigenvalue weighted by atomic mass is 10.1. The molecule has 1 amide bonds. The third kappa shape index (κ3) is 3.11. The molecule has 0 saturated heterocycles. The molecule has 5 heteroatoms. The van der Waals surface area contributed by atoms with Crippen molar-refractivity contribution >= 4 is 17.0 Å². The van der Waals surface area contributed by atoms with Gasteiger partial charge in [-0.15, -0.1) is 0 Å². The molecular formula is C21H19N3O2. The first-order chi connectivity index (χ1) is 12.7. The molecule has 0 aliphatic carbocycles. The summed E-state index contributed by atoms with van der Waals surface area (Å²) in [7, 11) is 0. The summed E-state index contributed by atoms with van der Waals surface area (Å²) in [5.41, 5.74) is 5.39. The number of hydrogen-bond acceptors (Lipinski definition) is 3. The number of benzene rings is 1. The summed E-state index contributed by atoms with van der Waals surface area (Å²) in [5.74, 6) is -0.143. The first-order valence-electron chi connectivity index (χ1n) is 8.52. The summed E-state index contributed by atoms with van der Waals surface area (Å²) in [6.07, 6.45) is 3.37. The number of fused-ring (bicyclic) bond motifs is 1. The van der Waals surface area contributed by atoms with Gasteiger partial charge in [-0.3, -0.25) is 9.78 Å². The van der Waals surface area contributed by atoms with Crippen LogP contribution in [-0.4, -0.2) is 15.5 Å². The molecule has 0 unspecified atom stereocenters. The van der Waals surface area contributed by atoms with Crippen molar-refractivity contribution in [2.75, 3.05) is 0 Å². The Morgan fingerprint density at radius 2 is 2.00 bits per heavy atom. The summed E-state index contributed by atoms with van der Waals surface area (Å²) in [6.45, 7) is 3.07. The molecule has 0 bridgehead atoms. The van der Waals surface area contributed by atoms with Gasteiger partial charge in [0.1, 0.15) is 5.69 Å². The highest BCUT2D eigenvalue weighted by atomic mass is 16.3. The lowest BCUT2D eigenvalue weighted by Gasteiger charge is -2.12. The van der Waals surface area contributed by atoms with Crippen molar-refractivity contribution in [2.45, 2.75) is 20.0 Å². The zero-order valence-electron chi connectivity index (χ0n) is 14.5. The molecule has 1 N–H and O–H groups in total. The van der Waals surface area contributed by atoms with E-state index < -0.39 is 0 Å². The first-order valence-corrected chi connectivity index (χ1v) is 8.52. The number of pyridine rings is 1. The number of aromatic nitrogens is 2. The zero-order valence-corrected chi connectivity index (χ0v) is 14.5. The number of carbonyl (C=O) groups excluding carboxylic acids is 1. The Bertz CT molecular complexity index is 1050. The number of amides is 1. The fourth-order valence-corrected chi connectivity index (χ4v) is 3.06. The first kappa shape index (κ1) is 16.1. The van der Waals surface area contributed by atoms with Gasteiger partial charge in [0.25, 0.3) is 5.91 Å². The molecule has 3 heterocycles. The highest BCUT2D eigenvalue weighted by molar-refractivity contribution is 5.97. The minimum absolute atomic E-state index is 0.143. The highest BCUT2D eigenvalue weighted by Gasteiger charge is 2.18. The second kappa shape index (κ2) is 6.88. The molecule has 0 atom stereocenters. The Labute approximate surface area is 151 Å². The average molecular weight is 345 g/mol. The van der Waals surface area contributed by atoms with Gasteiger partial charge in [-0.2, -0.15) is 0 Å². The molecule has 0 fully saturated rings. The van der Waals surface area contributed by atoms with Gasteiger partial charge in [0.05, 0.1) is 24.0 Å². The summed E-state index contributed by atoms with van der Waals surface area (Å²) in [4.78, 5) is 17.0. The molecule has 0 aliphatic heterocycles. The van der Waals surface area contributed by atoms with Crippen LogP contribution in [-0.2, 0) is 13.1 Å². The topological polar surface area (TPSA) is 60.1 Å². The molecule has 0 radical (unpaired) electrons. The van der Waals surface area contributed by atoms with E-state index in [1.165, 1.54) is 11.1 Å². The van der Waals surface area contributed by atoms with E-state index in [2.05, 4.69) is 29.4 Å². The van der Waals surface area contributed by atoms with Crippen LogP contribution in [0.25, 0.3) is 11.1 Å². The molecule has 26 heavy (non-hydrogen) atoms. The number of nitrogens with zero attached hydrogens (tertiary/aromatic N) is 2. The largest absolute Gasteiger partial charge is 0.463 e. The Morgan fingerprint density at radius 3 is 2.81 bits per heavy atom. The number of furan rings is 1. The van der Waals surface area contributed by atoms with E-state index in [9.17, 15) is 4.79 Å². The van der Waals surface area contributed by atoms with Gasteiger partial charge in [-0.1, -0.05) is 30.3 Å². The molecule has 0 aliphatic rings. The van der Waals surface area contributed by atoms with E-state index in [1.807, 2.05) is 41.0 Å². The van der Waals surface area contributed by atoms with Gasteiger partial charge in [0.2, 0.25) is 0 Å². The number of rotatable bonds is 5. The summed E-state index contributed by atoms with van der Waals surface area (Å²) in [6, 6.07) is 17.5. The Balaban J connectivity index is 1.63. The molecule has 0 saturated carbocycles. The van der Waals surface area contributed by atoms with Crippen LogP contribution in [0.2, 0.25) is 0 Å². The number of carbonyl (C=O) groups is 1. The van der Waals surface area contributed by atoms with Gasteiger partial charge >= 0.3 is 0 Å². The van der Waals surface area contributed by atoms with Gasteiger partial charge < -0.3 is 14.3 Å². The van der Waals surface area contributed by atoms with Crippen molar-refractivity contribution in [3.63, 3.8) is 0 Å². The number of aryl methyl sites for hydroxylation is 1. The van der Waals surface area contributed by atoms with E-state index in [4.69, 9.17) is 4.42 Å². The lowest BCUT2D eigenvalue weighted by molar-refractivity contribution is 0.0942. The van der Waals surface area contributed by atoms with Gasteiger partial charge in [-0.25, -0.2) is 0 Å². The fourth-order valence-electron chi connectivity index (χ4n) is 3.06. The van der Waals surface area contributed by atoms with Gasteiger partial charge in [0.15, 0.2) is 5.58 Å². The highest BCUT2D eigenvalue weighted by Crippen LogP contribution is 2.23. The van der Waals surface area contributed by atoms with Crippen LogP contribution >= 0.6 is 0 Å². The molecular weight excluding hydrogens is 326 g/mol. The van der Waals surface area contributed by atoms with Crippen LogP contribution in [0, 0.1) is 6.92 Å². The maximum absolute atomic E-state index is 12.8. The lowest BCUT2D eigenvalue weighted by Crippen LogP contribution is -2.26. The van der Waals surface area contributed by atoms with E-state index in [0.29, 0.717) is 24.4 Å². The van der Waals surface area contributed by atoms with Crippen LogP contribution in [0.15, 0.2) is 71.5 Å². The summed E-state index contributed by atoms with van der Waals surface area (Å²) >= 11 is 0. The molecule has 4 aromatic rings. The molecule has 4 rings (SSSR count). The zero-order chi connectivity index (χ0) is 17.9. The fraction of sp³-hybridized carbons (Fsp3) is 0.143. The van der Waals surface area contributed by atoms with Crippen LogP contribution in [0.1, 0.15) is 27.3 Å². The molecule has 130 valence electrons. The van der Waals surface area contributed by atoms with Crippen molar-refractivity contribution in [3.05, 3.63) is 89.6 Å². The molecule has 3 aromatic heterocycles. The SMILES string of the molecule is Cc1ccccc1Cn1c(C(=O)NCc2ccccn2)cc2occc21. The van der Waals surface area contributed by atoms with Crippen LogP contribution in [0.5, 0.6) is 0 Å².